The summed E-state index contributed by atoms with van der Waals surface area (Å²) in [5.74, 6) is -0.165. The molecule has 0 saturated heterocycles. The fraction of sp³-hybridized carbons (Fsp3) is 0.333. The maximum Gasteiger partial charge on any atom is 0.272 e. The summed E-state index contributed by atoms with van der Waals surface area (Å²) in [7, 11) is 0. The topological polar surface area (TPSA) is 74.8 Å². The Bertz CT molecular complexity index is 702. The first-order valence-electron chi connectivity index (χ1n) is 6.60. The molecule has 0 aliphatic heterocycles. The molecular formula is C15H18N2O3. The van der Waals surface area contributed by atoms with Gasteiger partial charge in [-0.2, -0.15) is 4.98 Å². The summed E-state index contributed by atoms with van der Waals surface area (Å²) < 4.78 is 1.29. The average molecular weight is 274 g/mol. The second kappa shape index (κ2) is 5.77. The molecule has 0 radical (unpaired) electrons. The SMILES string of the molecule is CC(C)CC/C=C(\O)c1c(O)nc2ccccn2c1=O. The van der Waals surface area contributed by atoms with E-state index in [1.54, 1.807) is 30.5 Å². The number of fused-ring (bicyclic) bond motifs is 1. The molecule has 0 fully saturated rings. The lowest BCUT2D eigenvalue weighted by Crippen LogP contribution is -2.19. The highest BCUT2D eigenvalue weighted by Gasteiger charge is 2.15. The molecule has 0 bridgehead atoms. The smallest absolute Gasteiger partial charge is 0.272 e. The first kappa shape index (κ1) is 14.1. The summed E-state index contributed by atoms with van der Waals surface area (Å²) in [6.07, 6.45) is 4.63. The Hall–Kier alpha value is -2.30. The largest absolute Gasteiger partial charge is 0.507 e. The molecular weight excluding hydrogens is 256 g/mol. The highest BCUT2D eigenvalue weighted by Crippen LogP contribution is 2.19. The van der Waals surface area contributed by atoms with Crippen molar-refractivity contribution >= 4 is 11.4 Å². The second-order valence-corrected chi connectivity index (χ2v) is 5.10. The number of allylic oxidation sites excluding steroid dienone is 1. The van der Waals surface area contributed by atoms with Gasteiger partial charge in [0.1, 0.15) is 17.0 Å². The van der Waals surface area contributed by atoms with E-state index in [-0.39, 0.29) is 11.3 Å². The summed E-state index contributed by atoms with van der Waals surface area (Å²) >= 11 is 0. The first-order chi connectivity index (χ1) is 9.50. The number of pyridine rings is 1. The van der Waals surface area contributed by atoms with Crippen molar-refractivity contribution in [3.8, 4) is 5.88 Å². The fourth-order valence-corrected chi connectivity index (χ4v) is 1.96. The Kier molecular flexibility index (Phi) is 4.08. The van der Waals surface area contributed by atoms with Gasteiger partial charge < -0.3 is 10.2 Å². The standard InChI is InChI=1S/C15H18N2O3/c1-10(2)6-5-7-11(18)13-14(19)16-12-8-3-4-9-17(12)15(13)20/h3-4,7-10,18-19H,5-6H2,1-2H3/b11-7-. The van der Waals surface area contributed by atoms with Crippen LogP contribution in [0.15, 0.2) is 35.3 Å². The summed E-state index contributed by atoms with van der Waals surface area (Å²) in [6, 6.07) is 5.03. The molecule has 5 heteroatoms. The molecule has 0 spiro atoms. The number of aliphatic hydroxyl groups excluding tert-OH is 1. The number of rotatable bonds is 4. The molecule has 0 unspecified atom stereocenters. The molecule has 2 aromatic rings. The number of hydrogen-bond donors (Lipinski definition) is 2. The van der Waals surface area contributed by atoms with Gasteiger partial charge in [0.15, 0.2) is 0 Å². The Labute approximate surface area is 116 Å². The molecule has 2 aromatic heterocycles. The zero-order valence-electron chi connectivity index (χ0n) is 11.6. The van der Waals surface area contributed by atoms with Crippen molar-refractivity contribution in [1.82, 2.24) is 9.38 Å². The minimum Gasteiger partial charge on any atom is -0.507 e. The minimum atomic E-state index is -0.480. The Morgan fingerprint density at radius 1 is 1.45 bits per heavy atom. The Balaban J connectivity index is 2.46. The van der Waals surface area contributed by atoms with Crippen molar-refractivity contribution in [2.75, 3.05) is 0 Å². The van der Waals surface area contributed by atoms with Crippen LogP contribution in [0, 0.1) is 5.92 Å². The highest BCUT2D eigenvalue weighted by atomic mass is 16.3. The molecule has 5 nitrogen and oxygen atoms in total. The van der Waals surface area contributed by atoms with Crippen molar-refractivity contribution in [2.45, 2.75) is 26.7 Å². The number of aromatic hydroxyl groups is 1. The molecule has 0 amide bonds. The van der Waals surface area contributed by atoms with Gasteiger partial charge in [0, 0.05) is 6.20 Å². The van der Waals surface area contributed by atoms with Crippen LogP contribution in [0.1, 0.15) is 32.3 Å². The number of aliphatic hydroxyl groups is 1. The van der Waals surface area contributed by atoms with E-state index in [1.807, 2.05) is 0 Å². The molecule has 20 heavy (non-hydrogen) atoms. The third kappa shape index (κ3) is 2.82. The summed E-state index contributed by atoms with van der Waals surface area (Å²) in [4.78, 5) is 16.2. The molecule has 0 atom stereocenters. The predicted octanol–water partition coefficient (Wildman–Crippen LogP) is 2.74. The molecule has 2 N–H and O–H groups in total. The van der Waals surface area contributed by atoms with Gasteiger partial charge in [0.2, 0.25) is 5.88 Å². The third-order valence-corrected chi connectivity index (χ3v) is 3.05. The van der Waals surface area contributed by atoms with Crippen molar-refractivity contribution < 1.29 is 10.2 Å². The van der Waals surface area contributed by atoms with Gasteiger partial charge in [0.05, 0.1) is 0 Å². The van der Waals surface area contributed by atoms with Crippen molar-refractivity contribution in [2.24, 2.45) is 5.92 Å². The highest BCUT2D eigenvalue weighted by molar-refractivity contribution is 5.63. The monoisotopic (exact) mass is 274 g/mol. The van der Waals surface area contributed by atoms with Crippen LogP contribution in [0.2, 0.25) is 0 Å². The van der Waals surface area contributed by atoms with Gasteiger partial charge in [-0.05, 0) is 37.0 Å². The van der Waals surface area contributed by atoms with Gasteiger partial charge in [-0.3, -0.25) is 9.20 Å². The molecule has 2 heterocycles. The van der Waals surface area contributed by atoms with E-state index in [2.05, 4.69) is 18.8 Å². The van der Waals surface area contributed by atoms with Crippen molar-refractivity contribution in [3.05, 3.63) is 46.4 Å². The van der Waals surface area contributed by atoms with E-state index in [0.29, 0.717) is 18.0 Å². The normalized spacial score (nSPS) is 12.2. The lowest BCUT2D eigenvalue weighted by atomic mass is 10.1. The first-order valence-corrected chi connectivity index (χ1v) is 6.60. The lowest BCUT2D eigenvalue weighted by Gasteiger charge is -2.06. The second-order valence-electron chi connectivity index (χ2n) is 5.10. The fourth-order valence-electron chi connectivity index (χ4n) is 1.96. The van der Waals surface area contributed by atoms with Crippen LogP contribution in [0.5, 0.6) is 5.88 Å². The van der Waals surface area contributed by atoms with Crippen molar-refractivity contribution in [3.63, 3.8) is 0 Å². The molecule has 0 aromatic carbocycles. The van der Waals surface area contributed by atoms with E-state index in [1.165, 1.54) is 4.40 Å². The number of hydrogen-bond acceptors (Lipinski definition) is 4. The molecule has 0 aliphatic rings. The van der Waals surface area contributed by atoms with Crippen LogP contribution in [-0.4, -0.2) is 19.6 Å². The number of nitrogens with zero attached hydrogens (tertiary/aromatic N) is 2. The zero-order valence-corrected chi connectivity index (χ0v) is 11.6. The van der Waals surface area contributed by atoms with E-state index < -0.39 is 11.4 Å². The quantitative estimate of drug-likeness (QED) is 0.841. The van der Waals surface area contributed by atoms with E-state index in [9.17, 15) is 15.0 Å². The molecule has 106 valence electrons. The Morgan fingerprint density at radius 3 is 2.90 bits per heavy atom. The van der Waals surface area contributed by atoms with Gasteiger partial charge in [-0.15, -0.1) is 0 Å². The van der Waals surface area contributed by atoms with Crippen LogP contribution in [0.4, 0.5) is 0 Å². The third-order valence-electron chi connectivity index (χ3n) is 3.05. The van der Waals surface area contributed by atoms with Gasteiger partial charge in [-0.1, -0.05) is 19.9 Å². The van der Waals surface area contributed by atoms with Gasteiger partial charge in [-0.25, -0.2) is 0 Å². The van der Waals surface area contributed by atoms with Crippen LogP contribution in [0.25, 0.3) is 11.4 Å². The van der Waals surface area contributed by atoms with Crippen LogP contribution >= 0.6 is 0 Å². The van der Waals surface area contributed by atoms with Crippen LogP contribution in [0.3, 0.4) is 0 Å². The summed E-state index contributed by atoms with van der Waals surface area (Å²) in [5.41, 5.74) is -0.294. The van der Waals surface area contributed by atoms with Crippen LogP contribution in [-0.2, 0) is 0 Å². The zero-order chi connectivity index (χ0) is 14.7. The number of aromatic nitrogens is 2. The van der Waals surface area contributed by atoms with Crippen LogP contribution < -0.4 is 5.56 Å². The summed E-state index contributed by atoms with van der Waals surface area (Å²) in [5, 5.41) is 19.8. The van der Waals surface area contributed by atoms with E-state index >= 15 is 0 Å². The predicted molar refractivity (Wildman–Crippen MR) is 77.8 cm³/mol. The lowest BCUT2D eigenvalue weighted by molar-refractivity contribution is 0.439. The van der Waals surface area contributed by atoms with Gasteiger partial charge in [0.25, 0.3) is 5.56 Å². The Morgan fingerprint density at radius 2 is 2.20 bits per heavy atom. The van der Waals surface area contributed by atoms with E-state index in [4.69, 9.17) is 0 Å². The maximum absolute atomic E-state index is 12.2. The van der Waals surface area contributed by atoms with E-state index in [0.717, 1.165) is 6.42 Å². The average Bonchev–Trinajstić information content (AvgIpc) is 2.38. The molecule has 0 saturated carbocycles. The van der Waals surface area contributed by atoms with Gasteiger partial charge >= 0.3 is 0 Å². The summed E-state index contributed by atoms with van der Waals surface area (Å²) in [6.45, 7) is 4.16. The minimum absolute atomic E-state index is 0.155. The molecule has 2 rings (SSSR count). The van der Waals surface area contributed by atoms with Crippen molar-refractivity contribution in [1.29, 1.82) is 0 Å². The molecule has 0 aliphatic carbocycles. The maximum atomic E-state index is 12.2.